The van der Waals surface area contributed by atoms with E-state index < -0.39 is 0 Å². The fourth-order valence-electron chi connectivity index (χ4n) is 3.07. The van der Waals surface area contributed by atoms with E-state index >= 15 is 0 Å². The Hall–Kier alpha value is -3.96. The van der Waals surface area contributed by atoms with Crippen molar-refractivity contribution < 1.29 is 9.31 Å². The van der Waals surface area contributed by atoms with Gasteiger partial charge in [-0.05, 0) is 24.3 Å². The first-order valence-corrected chi connectivity index (χ1v) is 8.30. The number of nitrogens with zero attached hydrogens (tertiary/aromatic N) is 2. The maximum Gasteiger partial charge on any atom is 0.658 e. The topological polar surface area (TPSA) is 66.0 Å². The van der Waals surface area contributed by atoms with Crippen molar-refractivity contribution in [1.29, 1.82) is 10.5 Å². The molecule has 4 nitrogen and oxygen atoms in total. The smallest absolute Gasteiger partial charge is 0.526 e. The summed E-state index contributed by atoms with van der Waals surface area (Å²) in [5, 5.41) is 21.8. The number of hydrogen-bond acceptors (Lipinski definition) is 4. The molecular weight excluding hydrogens is 335 g/mol. The molecule has 0 aliphatic carbocycles. The molecule has 0 spiro atoms. The predicted octanol–water partition coefficient (Wildman–Crippen LogP) is 4.73. The van der Waals surface area contributed by atoms with E-state index in [1.165, 1.54) is 7.69 Å². The molecule has 0 aromatic heterocycles. The van der Waals surface area contributed by atoms with Crippen molar-refractivity contribution in [3.8, 4) is 23.6 Å². The van der Waals surface area contributed by atoms with Crippen LogP contribution in [0.25, 0.3) is 21.5 Å². The molecule has 0 bridgehead atoms. The lowest BCUT2D eigenvalue weighted by atomic mass is 10.0. The lowest BCUT2D eigenvalue weighted by molar-refractivity contribution is 0.465. The third-order valence-corrected chi connectivity index (χ3v) is 4.36. The van der Waals surface area contributed by atoms with Crippen molar-refractivity contribution in [2.24, 2.45) is 0 Å². The Balaban J connectivity index is 1.60. The van der Waals surface area contributed by atoms with Crippen LogP contribution in [0.5, 0.6) is 11.5 Å². The van der Waals surface area contributed by atoms with E-state index in [0.29, 0.717) is 22.6 Å². The van der Waals surface area contributed by atoms with E-state index in [-0.39, 0.29) is 0 Å². The number of nitriles is 2. The van der Waals surface area contributed by atoms with Crippen molar-refractivity contribution in [3.63, 3.8) is 0 Å². The molecule has 125 valence electrons. The predicted molar refractivity (Wildman–Crippen MR) is 104 cm³/mol. The summed E-state index contributed by atoms with van der Waals surface area (Å²) in [7, 11) is 1.27. The highest BCUT2D eigenvalue weighted by Crippen LogP contribution is 2.30. The highest BCUT2D eigenvalue weighted by molar-refractivity contribution is 6.22. The Kier molecular flexibility index (Phi) is 4.35. The number of hydrogen-bond donors (Lipinski definition) is 0. The molecule has 0 aliphatic heterocycles. The number of fused-ring (bicyclic) bond motifs is 2. The lowest BCUT2D eigenvalue weighted by Gasteiger charge is -2.12. The first-order chi connectivity index (χ1) is 13.3. The molecular formula is C22H12BN2O2. The van der Waals surface area contributed by atoms with Crippen LogP contribution in [0.15, 0.2) is 72.8 Å². The second-order valence-corrected chi connectivity index (χ2v) is 5.87. The number of benzene rings is 4. The molecule has 0 unspecified atom stereocenters. The van der Waals surface area contributed by atoms with Crippen LogP contribution in [0.4, 0.5) is 0 Å². The summed E-state index contributed by atoms with van der Waals surface area (Å²) in [6, 6.07) is 26.4. The van der Waals surface area contributed by atoms with Gasteiger partial charge >= 0.3 is 7.69 Å². The van der Waals surface area contributed by atoms with Crippen LogP contribution < -0.4 is 9.31 Å². The van der Waals surface area contributed by atoms with Crippen LogP contribution in [0.2, 0.25) is 0 Å². The van der Waals surface area contributed by atoms with Gasteiger partial charge in [-0.3, -0.25) is 0 Å². The van der Waals surface area contributed by atoms with Crippen molar-refractivity contribution in [2.45, 2.75) is 0 Å². The largest absolute Gasteiger partial charge is 0.658 e. The molecule has 0 atom stereocenters. The quantitative estimate of drug-likeness (QED) is 0.501. The van der Waals surface area contributed by atoms with E-state index in [4.69, 9.17) is 9.31 Å². The van der Waals surface area contributed by atoms with Gasteiger partial charge in [0.2, 0.25) is 0 Å². The zero-order valence-electron chi connectivity index (χ0n) is 14.2. The van der Waals surface area contributed by atoms with Gasteiger partial charge in [-0.25, -0.2) is 0 Å². The summed E-state index contributed by atoms with van der Waals surface area (Å²) in [5.41, 5.74) is 1.19. The van der Waals surface area contributed by atoms with Crippen molar-refractivity contribution >= 4 is 29.2 Å². The van der Waals surface area contributed by atoms with E-state index in [0.717, 1.165) is 21.5 Å². The summed E-state index contributed by atoms with van der Waals surface area (Å²) in [5.74, 6) is 1.20. The van der Waals surface area contributed by atoms with Crippen molar-refractivity contribution in [1.82, 2.24) is 0 Å². The molecule has 0 saturated heterocycles. The molecule has 0 amide bonds. The monoisotopic (exact) mass is 347 g/mol. The Morgan fingerprint density at radius 2 is 0.963 bits per heavy atom. The zero-order chi connectivity index (χ0) is 18.6. The maximum absolute atomic E-state index is 9.25. The fraction of sp³-hybridized carbons (Fsp3) is 0. The molecule has 4 rings (SSSR count). The SMILES string of the molecule is N#Cc1ccc(O[B]Oc2ccc(C#N)c3ccccc23)c2ccccc12. The fourth-order valence-corrected chi connectivity index (χ4v) is 3.07. The van der Waals surface area contributed by atoms with Gasteiger partial charge < -0.3 is 9.31 Å². The molecule has 4 aromatic carbocycles. The normalized spacial score (nSPS) is 10.1. The van der Waals surface area contributed by atoms with Crippen LogP contribution in [-0.2, 0) is 0 Å². The number of rotatable bonds is 4. The first-order valence-electron chi connectivity index (χ1n) is 8.30. The third kappa shape index (κ3) is 3.03. The van der Waals surface area contributed by atoms with Crippen LogP contribution in [0, 0.1) is 22.7 Å². The molecule has 4 aromatic rings. The van der Waals surface area contributed by atoms with Gasteiger partial charge in [0.15, 0.2) is 0 Å². The van der Waals surface area contributed by atoms with Crippen molar-refractivity contribution in [2.75, 3.05) is 0 Å². The second-order valence-electron chi connectivity index (χ2n) is 5.87. The maximum atomic E-state index is 9.25. The molecule has 0 heterocycles. The zero-order valence-corrected chi connectivity index (χ0v) is 14.2. The van der Waals surface area contributed by atoms with Gasteiger partial charge in [-0.1, -0.05) is 48.5 Å². The van der Waals surface area contributed by atoms with Crippen LogP contribution >= 0.6 is 0 Å². The van der Waals surface area contributed by atoms with Gasteiger partial charge in [0.1, 0.15) is 11.5 Å². The van der Waals surface area contributed by atoms with Crippen LogP contribution in [-0.4, -0.2) is 7.69 Å². The Morgan fingerprint density at radius 1 is 0.556 bits per heavy atom. The molecule has 0 fully saturated rings. The Morgan fingerprint density at radius 3 is 1.37 bits per heavy atom. The minimum atomic E-state index is 0.594. The lowest BCUT2D eigenvalue weighted by Crippen LogP contribution is -2.11. The summed E-state index contributed by atoms with van der Waals surface area (Å²) >= 11 is 0. The molecule has 0 saturated carbocycles. The summed E-state index contributed by atoms with van der Waals surface area (Å²) in [6.07, 6.45) is 0. The van der Waals surface area contributed by atoms with E-state index in [1.807, 2.05) is 48.5 Å². The van der Waals surface area contributed by atoms with E-state index in [9.17, 15) is 10.5 Å². The molecule has 0 N–H and O–H groups in total. The van der Waals surface area contributed by atoms with Gasteiger partial charge in [-0.15, -0.1) is 0 Å². The summed E-state index contributed by atoms with van der Waals surface area (Å²) < 4.78 is 11.4. The molecule has 1 radical (unpaired) electrons. The highest BCUT2D eigenvalue weighted by atomic mass is 16.6. The van der Waals surface area contributed by atoms with Crippen LogP contribution in [0.3, 0.4) is 0 Å². The molecule has 0 aliphatic rings. The second kappa shape index (κ2) is 7.11. The van der Waals surface area contributed by atoms with Gasteiger partial charge in [0.25, 0.3) is 0 Å². The summed E-state index contributed by atoms with van der Waals surface area (Å²) in [4.78, 5) is 0. The average molecular weight is 347 g/mol. The molecule has 27 heavy (non-hydrogen) atoms. The van der Waals surface area contributed by atoms with Gasteiger partial charge in [0.05, 0.1) is 23.3 Å². The highest BCUT2D eigenvalue weighted by Gasteiger charge is 2.11. The first kappa shape index (κ1) is 16.5. The van der Waals surface area contributed by atoms with Gasteiger partial charge in [0, 0.05) is 21.5 Å². The van der Waals surface area contributed by atoms with Crippen molar-refractivity contribution in [3.05, 3.63) is 83.9 Å². The standard InChI is InChI=1S/C22H12BN2O2/c24-13-15-9-11-21(19-7-3-1-5-17(15)19)26-23-27-22-12-10-16(14-25)18-6-2-4-8-20(18)22/h1-12H. The average Bonchev–Trinajstić information content (AvgIpc) is 2.74. The van der Waals surface area contributed by atoms with Crippen LogP contribution in [0.1, 0.15) is 11.1 Å². The Bertz CT molecular complexity index is 1140. The third-order valence-electron chi connectivity index (χ3n) is 4.36. The van der Waals surface area contributed by atoms with Gasteiger partial charge in [-0.2, -0.15) is 10.5 Å². The van der Waals surface area contributed by atoms with E-state index in [1.54, 1.807) is 24.3 Å². The minimum absolute atomic E-state index is 0.594. The van der Waals surface area contributed by atoms with E-state index in [2.05, 4.69) is 12.1 Å². The molecule has 5 heteroatoms. The Labute approximate surface area is 157 Å². The summed E-state index contributed by atoms with van der Waals surface area (Å²) in [6.45, 7) is 0. The minimum Gasteiger partial charge on any atom is -0.526 e.